The lowest BCUT2D eigenvalue weighted by molar-refractivity contribution is -0.130. The molecule has 2 rings (SSSR count). The summed E-state index contributed by atoms with van der Waals surface area (Å²) in [5.41, 5.74) is 0. The van der Waals surface area contributed by atoms with Gasteiger partial charge in [0.1, 0.15) is 6.17 Å². The number of hydrogen-bond acceptors (Lipinski definition) is 5. The van der Waals surface area contributed by atoms with Crippen LogP contribution in [0.15, 0.2) is 12.1 Å². The highest BCUT2D eigenvalue weighted by Crippen LogP contribution is 2.32. The van der Waals surface area contributed by atoms with Gasteiger partial charge in [-0.3, -0.25) is 10.1 Å². The van der Waals surface area contributed by atoms with Gasteiger partial charge in [0.25, 0.3) is 0 Å². The Morgan fingerprint density at radius 1 is 1.38 bits per heavy atom. The van der Waals surface area contributed by atoms with Gasteiger partial charge in [-0.25, -0.2) is 8.42 Å². The van der Waals surface area contributed by atoms with Crippen LogP contribution in [0.4, 0.5) is 0 Å². The van der Waals surface area contributed by atoms with Crippen LogP contribution in [-0.2, 0) is 14.6 Å². The molecule has 1 aromatic rings. The van der Waals surface area contributed by atoms with Crippen LogP contribution in [-0.4, -0.2) is 42.8 Å². The van der Waals surface area contributed by atoms with Crippen LogP contribution in [0.25, 0.3) is 0 Å². The molecule has 118 valence electrons. The summed E-state index contributed by atoms with van der Waals surface area (Å²) in [6, 6.07) is 3.70. The van der Waals surface area contributed by atoms with E-state index in [1.165, 1.54) is 11.1 Å². The quantitative estimate of drug-likeness (QED) is 0.912. The van der Waals surface area contributed by atoms with E-state index in [9.17, 15) is 13.2 Å². The van der Waals surface area contributed by atoms with Crippen molar-refractivity contribution in [3.63, 3.8) is 0 Å². The fraction of sp³-hybridized carbons (Fsp3) is 0.643. The molecule has 0 radical (unpaired) electrons. The molecule has 1 saturated heterocycles. The average molecular weight is 330 g/mol. The van der Waals surface area contributed by atoms with E-state index in [1.54, 1.807) is 30.1 Å². The number of rotatable bonds is 4. The van der Waals surface area contributed by atoms with E-state index in [1.807, 2.05) is 26.0 Å². The molecule has 0 aliphatic carbocycles. The number of carbonyl (C=O) groups excluding carboxylic acids is 1. The van der Waals surface area contributed by atoms with Gasteiger partial charge in [-0.05, 0) is 39.8 Å². The molecule has 0 saturated carbocycles. The monoisotopic (exact) mass is 330 g/mol. The molecule has 2 atom stereocenters. The molecule has 1 aliphatic heterocycles. The van der Waals surface area contributed by atoms with Crippen LogP contribution < -0.4 is 5.32 Å². The van der Waals surface area contributed by atoms with E-state index >= 15 is 0 Å². The normalized spacial score (nSPS) is 23.9. The standard InChI is InChI=1S/C14H22N2O3S2/c1-9-6-7-11(20-9)12-15-10(2)13(17)16(12)8-14(3,4)21(5,18)19/h6-7,10,12,15H,8H2,1-5H3. The number of aryl methyl sites for hydroxylation is 1. The van der Waals surface area contributed by atoms with E-state index < -0.39 is 14.6 Å². The van der Waals surface area contributed by atoms with Gasteiger partial charge in [0, 0.05) is 22.6 Å². The number of hydrogen-bond donors (Lipinski definition) is 1. The Labute approximate surface area is 130 Å². The summed E-state index contributed by atoms with van der Waals surface area (Å²) in [6.07, 6.45) is 0.974. The van der Waals surface area contributed by atoms with Gasteiger partial charge >= 0.3 is 0 Å². The predicted molar refractivity (Wildman–Crippen MR) is 85.0 cm³/mol. The fourth-order valence-electron chi connectivity index (χ4n) is 2.31. The van der Waals surface area contributed by atoms with E-state index in [-0.39, 0.29) is 24.7 Å². The van der Waals surface area contributed by atoms with Crippen LogP contribution in [0.3, 0.4) is 0 Å². The first-order chi connectivity index (χ1) is 9.53. The SMILES string of the molecule is Cc1ccc(C2NC(C)C(=O)N2CC(C)(C)S(C)(=O)=O)s1. The number of thiophene rings is 1. The van der Waals surface area contributed by atoms with Crippen molar-refractivity contribution in [2.24, 2.45) is 0 Å². The van der Waals surface area contributed by atoms with Gasteiger partial charge in [0.05, 0.1) is 10.8 Å². The lowest BCUT2D eigenvalue weighted by Gasteiger charge is -2.31. The topological polar surface area (TPSA) is 66.5 Å². The number of nitrogens with one attached hydrogen (secondary N) is 1. The Morgan fingerprint density at radius 2 is 2.00 bits per heavy atom. The van der Waals surface area contributed by atoms with E-state index in [0.717, 1.165) is 4.88 Å². The minimum absolute atomic E-state index is 0.0530. The van der Waals surface area contributed by atoms with E-state index in [0.29, 0.717) is 0 Å². The third-order valence-electron chi connectivity index (χ3n) is 3.96. The molecule has 1 N–H and O–H groups in total. The smallest absolute Gasteiger partial charge is 0.241 e. The Bertz CT molecular complexity index is 649. The maximum absolute atomic E-state index is 12.4. The molecule has 1 aromatic heterocycles. The summed E-state index contributed by atoms with van der Waals surface area (Å²) < 4.78 is 22.9. The van der Waals surface area contributed by atoms with Crippen LogP contribution >= 0.6 is 11.3 Å². The average Bonchev–Trinajstić information content (AvgIpc) is 2.86. The lowest BCUT2D eigenvalue weighted by atomic mass is 10.2. The second-order valence-electron chi connectivity index (χ2n) is 6.24. The van der Waals surface area contributed by atoms with Crippen molar-refractivity contribution in [2.45, 2.75) is 44.6 Å². The van der Waals surface area contributed by atoms with Gasteiger partial charge in [-0.15, -0.1) is 11.3 Å². The highest BCUT2D eigenvalue weighted by atomic mass is 32.2. The molecular formula is C14H22N2O3S2. The summed E-state index contributed by atoms with van der Waals surface area (Å²) in [6.45, 7) is 7.33. The number of nitrogens with zero attached hydrogens (tertiary/aromatic N) is 1. The molecule has 2 heterocycles. The first kappa shape index (κ1) is 16.5. The largest absolute Gasteiger partial charge is 0.319 e. The predicted octanol–water partition coefficient (Wildman–Crippen LogP) is 1.70. The Morgan fingerprint density at radius 3 is 2.48 bits per heavy atom. The van der Waals surface area contributed by atoms with Crippen molar-refractivity contribution in [2.75, 3.05) is 12.8 Å². The van der Waals surface area contributed by atoms with Crippen LogP contribution in [0.2, 0.25) is 0 Å². The first-order valence-corrected chi connectivity index (χ1v) is 9.56. The molecule has 5 nitrogen and oxygen atoms in total. The molecule has 0 spiro atoms. The van der Waals surface area contributed by atoms with Crippen LogP contribution in [0, 0.1) is 6.92 Å². The minimum atomic E-state index is -3.25. The van der Waals surface area contributed by atoms with Crippen LogP contribution in [0.5, 0.6) is 0 Å². The lowest BCUT2D eigenvalue weighted by Crippen LogP contribution is -2.46. The number of carbonyl (C=O) groups is 1. The summed E-state index contributed by atoms with van der Waals surface area (Å²) >= 11 is 1.62. The first-order valence-electron chi connectivity index (χ1n) is 6.85. The zero-order valence-corrected chi connectivity index (χ0v) is 14.6. The molecule has 1 fully saturated rings. The van der Waals surface area contributed by atoms with Crippen LogP contribution in [0.1, 0.15) is 36.7 Å². The Kier molecular flexibility index (Phi) is 4.21. The summed E-state index contributed by atoms with van der Waals surface area (Å²) in [5, 5.41) is 3.25. The highest BCUT2D eigenvalue weighted by molar-refractivity contribution is 7.92. The van der Waals surface area contributed by atoms with Gasteiger partial charge in [-0.2, -0.15) is 0 Å². The molecular weight excluding hydrogens is 308 g/mol. The molecule has 1 amide bonds. The molecule has 0 bridgehead atoms. The molecule has 0 aromatic carbocycles. The van der Waals surface area contributed by atoms with E-state index in [2.05, 4.69) is 5.32 Å². The third kappa shape index (κ3) is 3.14. The van der Waals surface area contributed by atoms with Crippen molar-refractivity contribution < 1.29 is 13.2 Å². The molecule has 21 heavy (non-hydrogen) atoms. The van der Waals surface area contributed by atoms with Gasteiger partial charge in [0.2, 0.25) is 5.91 Å². The second kappa shape index (κ2) is 5.37. The number of amides is 1. The zero-order chi connectivity index (χ0) is 16.0. The Balaban J connectivity index is 2.32. The van der Waals surface area contributed by atoms with Gasteiger partial charge < -0.3 is 4.90 Å². The molecule has 7 heteroatoms. The highest BCUT2D eigenvalue weighted by Gasteiger charge is 2.43. The number of sulfone groups is 1. The zero-order valence-electron chi connectivity index (χ0n) is 13.0. The van der Waals surface area contributed by atoms with Crippen molar-refractivity contribution in [3.05, 3.63) is 21.9 Å². The maximum Gasteiger partial charge on any atom is 0.241 e. The third-order valence-corrected chi connectivity index (χ3v) is 7.15. The second-order valence-corrected chi connectivity index (χ2v) is 10.2. The summed E-state index contributed by atoms with van der Waals surface area (Å²) in [4.78, 5) is 16.2. The minimum Gasteiger partial charge on any atom is -0.319 e. The van der Waals surface area contributed by atoms with Crippen molar-refractivity contribution >= 4 is 27.1 Å². The van der Waals surface area contributed by atoms with Crippen molar-refractivity contribution in [3.8, 4) is 0 Å². The van der Waals surface area contributed by atoms with Crippen molar-refractivity contribution in [1.29, 1.82) is 0 Å². The maximum atomic E-state index is 12.4. The fourth-order valence-corrected chi connectivity index (χ4v) is 3.63. The van der Waals surface area contributed by atoms with Gasteiger partial charge in [0.15, 0.2) is 9.84 Å². The van der Waals surface area contributed by atoms with E-state index in [4.69, 9.17) is 0 Å². The molecule has 1 aliphatic rings. The van der Waals surface area contributed by atoms with Crippen molar-refractivity contribution in [1.82, 2.24) is 10.2 Å². The summed E-state index contributed by atoms with van der Waals surface area (Å²) in [7, 11) is -3.25. The van der Waals surface area contributed by atoms with Gasteiger partial charge in [-0.1, -0.05) is 0 Å². The Hall–Kier alpha value is -0.920. The molecule has 2 unspecified atom stereocenters. The summed E-state index contributed by atoms with van der Waals surface area (Å²) in [5.74, 6) is -0.0530.